The third kappa shape index (κ3) is 3.70. The molecular formula is C21H23FN4O2S. The number of nitrogens with zero attached hydrogens (tertiary/aromatic N) is 4. The van der Waals surface area contributed by atoms with Gasteiger partial charge in [0.2, 0.25) is 0 Å². The molecule has 1 aromatic carbocycles. The maximum Gasteiger partial charge on any atom is 0.264 e. The Morgan fingerprint density at radius 1 is 1.21 bits per heavy atom. The van der Waals surface area contributed by atoms with E-state index in [0.29, 0.717) is 39.3 Å². The number of likely N-dealkylation sites (N-methyl/N-ethyl adjacent to an activating group) is 1. The van der Waals surface area contributed by atoms with Crippen LogP contribution < -0.4 is 5.56 Å². The van der Waals surface area contributed by atoms with E-state index in [1.54, 1.807) is 25.1 Å². The van der Waals surface area contributed by atoms with Gasteiger partial charge in [0, 0.05) is 31.7 Å². The Labute approximate surface area is 172 Å². The van der Waals surface area contributed by atoms with Gasteiger partial charge >= 0.3 is 0 Å². The highest BCUT2D eigenvalue weighted by molar-refractivity contribution is 7.20. The molecule has 152 valence electrons. The molecule has 6 nitrogen and oxygen atoms in total. The molecule has 8 heteroatoms. The topological polar surface area (TPSA) is 58.4 Å². The average molecular weight is 415 g/mol. The van der Waals surface area contributed by atoms with Crippen molar-refractivity contribution >= 4 is 27.5 Å². The molecule has 0 bridgehead atoms. The number of amides is 1. The number of carbonyl (C=O) groups excluding carboxylic acids is 1. The molecule has 1 aliphatic heterocycles. The minimum absolute atomic E-state index is 0.0405. The van der Waals surface area contributed by atoms with Crippen LogP contribution in [0.2, 0.25) is 0 Å². The van der Waals surface area contributed by atoms with Crippen molar-refractivity contribution in [1.29, 1.82) is 0 Å². The minimum Gasteiger partial charge on any atom is -0.335 e. The first kappa shape index (κ1) is 19.7. The van der Waals surface area contributed by atoms with Gasteiger partial charge in [-0.05, 0) is 25.1 Å². The lowest BCUT2D eigenvalue weighted by atomic mass is 10.2. The molecule has 0 N–H and O–H groups in total. The number of carbonyl (C=O) groups is 1. The van der Waals surface area contributed by atoms with Crippen LogP contribution in [0.5, 0.6) is 0 Å². The van der Waals surface area contributed by atoms with Gasteiger partial charge in [0.05, 0.1) is 23.1 Å². The molecule has 0 saturated carbocycles. The summed E-state index contributed by atoms with van der Waals surface area (Å²) in [4.78, 5) is 35.7. The number of halogens is 1. The van der Waals surface area contributed by atoms with Crippen LogP contribution in [-0.4, -0.2) is 58.0 Å². The fourth-order valence-electron chi connectivity index (χ4n) is 3.70. The molecule has 29 heavy (non-hydrogen) atoms. The SMILES string of the molecule is CCN1CCN(C(=O)c2sc3ncn(Cc4ccccc4F)c(=O)c3c2C)CC1. The van der Waals surface area contributed by atoms with E-state index in [9.17, 15) is 14.0 Å². The van der Waals surface area contributed by atoms with Crippen LogP contribution >= 0.6 is 11.3 Å². The summed E-state index contributed by atoms with van der Waals surface area (Å²) < 4.78 is 15.4. The first-order chi connectivity index (χ1) is 14.0. The minimum atomic E-state index is -0.358. The van der Waals surface area contributed by atoms with E-state index in [0.717, 1.165) is 19.6 Å². The van der Waals surface area contributed by atoms with E-state index in [1.807, 2.05) is 4.90 Å². The Morgan fingerprint density at radius 3 is 2.62 bits per heavy atom. The van der Waals surface area contributed by atoms with E-state index in [-0.39, 0.29) is 23.8 Å². The van der Waals surface area contributed by atoms with E-state index in [1.165, 1.54) is 28.3 Å². The number of thiophene rings is 1. The summed E-state index contributed by atoms with van der Waals surface area (Å²) in [5.74, 6) is -0.398. The molecule has 2 aromatic heterocycles. The number of aryl methyl sites for hydroxylation is 1. The number of fused-ring (bicyclic) bond motifs is 1. The Morgan fingerprint density at radius 2 is 1.93 bits per heavy atom. The Bertz CT molecular complexity index is 1120. The largest absolute Gasteiger partial charge is 0.335 e. The van der Waals surface area contributed by atoms with E-state index in [2.05, 4.69) is 16.8 Å². The van der Waals surface area contributed by atoms with Crippen LogP contribution in [0.4, 0.5) is 4.39 Å². The number of hydrogen-bond donors (Lipinski definition) is 0. The first-order valence-corrected chi connectivity index (χ1v) is 10.5. The lowest BCUT2D eigenvalue weighted by molar-refractivity contribution is 0.0647. The standard InChI is InChI=1S/C21H23FN4O2S/c1-3-24-8-10-25(11-9-24)21(28)18-14(2)17-19(29-18)23-13-26(20(17)27)12-15-6-4-5-7-16(15)22/h4-7,13H,3,8-12H2,1-2H3. The lowest BCUT2D eigenvalue weighted by Gasteiger charge is -2.33. The van der Waals surface area contributed by atoms with Crippen molar-refractivity contribution < 1.29 is 9.18 Å². The predicted octanol–water partition coefficient (Wildman–Crippen LogP) is 2.73. The van der Waals surface area contributed by atoms with Gasteiger partial charge in [-0.15, -0.1) is 11.3 Å². The summed E-state index contributed by atoms with van der Waals surface area (Å²) in [6.45, 7) is 8.09. The smallest absolute Gasteiger partial charge is 0.264 e. The van der Waals surface area contributed by atoms with Gasteiger partial charge in [-0.2, -0.15) is 0 Å². The summed E-state index contributed by atoms with van der Waals surface area (Å²) in [7, 11) is 0. The summed E-state index contributed by atoms with van der Waals surface area (Å²) in [6, 6.07) is 6.37. The Hall–Kier alpha value is -2.58. The first-order valence-electron chi connectivity index (χ1n) is 9.73. The molecule has 3 aromatic rings. The summed E-state index contributed by atoms with van der Waals surface area (Å²) in [6.07, 6.45) is 1.43. The molecule has 1 saturated heterocycles. The maximum atomic E-state index is 14.0. The predicted molar refractivity (Wildman–Crippen MR) is 112 cm³/mol. The fourth-order valence-corrected chi connectivity index (χ4v) is 4.80. The highest BCUT2D eigenvalue weighted by Gasteiger charge is 2.26. The van der Waals surface area contributed by atoms with Crippen molar-refractivity contribution in [3.05, 3.63) is 62.8 Å². The van der Waals surface area contributed by atoms with Crippen molar-refractivity contribution in [2.24, 2.45) is 0 Å². The lowest BCUT2D eigenvalue weighted by Crippen LogP contribution is -2.48. The molecule has 3 heterocycles. The molecule has 1 amide bonds. The van der Waals surface area contributed by atoms with E-state index in [4.69, 9.17) is 0 Å². The summed E-state index contributed by atoms with van der Waals surface area (Å²) in [5.41, 5.74) is 0.837. The van der Waals surface area contributed by atoms with Gasteiger partial charge in [-0.1, -0.05) is 25.1 Å². The molecule has 1 fully saturated rings. The van der Waals surface area contributed by atoms with Gasteiger partial charge in [-0.25, -0.2) is 9.37 Å². The molecule has 0 aliphatic carbocycles. The molecule has 4 rings (SSSR count). The zero-order valence-electron chi connectivity index (χ0n) is 16.5. The summed E-state index contributed by atoms with van der Waals surface area (Å²) in [5, 5.41) is 0.449. The van der Waals surface area contributed by atoms with Crippen LogP contribution in [0.1, 0.15) is 27.7 Å². The molecular weight excluding hydrogens is 391 g/mol. The Balaban J connectivity index is 1.66. The zero-order valence-corrected chi connectivity index (χ0v) is 17.3. The second kappa shape index (κ2) is 8.04. The van der Waals surface area contributed by atoms with Gasteiger partial charge < -0.3 is 9.80 Å². The normalized spacial score (nSPS) is 15.2. The second-order valence-corrected chi connectivity index (χ2v) is 8.23. The van der Waals surface area contributed by atoms with Crippen LogP contribution in [0.25, 0.3) is 10.2 Å². The van der Waals surface area contributed by atoms with Crippen LogP contribution in [-0.2, 0) is 6.54 Å². The monoisotopic (exact) mass is 414 g/mol. The third-order valence-corrected chi connectivity index (χ3v) is 6.70. The average Bonchev–Trinajstić information content (AvgIpc) is 3.08. The number of hydrogen-bond acceptors (Lipinski definition) is 5. The van der Waals surface area contributed by atoms with Gasteiger partial charge in [-0.3, -0.25) is 14.2 Å². The quantitative estimate of drug-likeness (QED) is 0.659. The van der Waals surface area contributed by atoms with Crippen molar-refractivity contribution in [1.82, 2.24) is 19.4 Å². The van der Waals surface area contributed by atoms with E-state index < -0.39 is 0 Å². The van der Waals surface area contributed by atoms with Crippen LogP contribution in [0, 0.1) is 12.7 Å². The molecule has 0 atom stereocenters. The summed E-state index contributed by atoms with van der Waals surface area (Å²) >= 11 is 1.26. The van der Waals surface area contributed by atoms with Crippen molar-refractivity contribution in [2.75, 3.05) is 32.7 Å². The Kier molecular flexibility index (Phi) is 5.47. The number of aromatic nitrogens is 2. The molecule has 0 unspecified atom stereocenters. The number of benzene rings is 1. The number of piperazine rings is 1. The van der Waals surface area contributed by atoms with Gasteiger partial charge in [0.25, 0.3) is 11.5 Å². The van der Waals surface area contributed by atoms with Crippen LogP contribution in [0.3, 0.4) is 0 Å². The maximum absolute atomic E-state index is 14.0. The fraction of sp³-hybridized carbons (Fsp3) is 0.381. The van der Waals surface area contributed by atoms with Crippen molar-refractivity contribution in [3.63, 3.8) is 0 Å². The van der Waals surface area contributed by atoms with Gasteiger partial charge in [0.1, 0.15) is 10.6 Å². The highest BCUT2D eigenvalue weighted by Crippen LogP contribution is 2.28. The zero-order chi connectivity index (χ0) is 20.5. The van der Waals surface area contributed by atoms with Gasteiger partial charge in [0.15, 0.2) is 0 Å². The third-order valence-electron chi connectivity index (χ3n) is 5.52. The molecule has 0 radical (unpaired) electrons. The molecule has 1 aliphatic rings. The molecule has 0 spiro atoms. The number of rotatable bonds is 4. The highest BCUT2D eigenvalue weighted by atomic mass is 32.1. The second-order valence-electron chi connectivity index (χ2n) is 7.23. The van der Waals surface area contributed by atoms with Crippen molar-refractivity contribution in [3.8, 4) is 0 Å². The van der Waals surface area contributed by atoms with Crippen molar-refractivity contribution in [2.45, 2.75) is 20.4 Å². The van der Waals surface area contributed by atoms with E-state index >= 15 is 0 Å². The van der Waals surface area contributed by atoms with Crippen LogP contribution in [0.15, 0.2) is 35.4 Å².